The van der Waals surface area contributed by atoms with E-state index in [0.717, 1.165) is 4.90 Å². The van der Waals surface area contributed by atoms with Crippen molar-refractivity contribution in [2.75, 3.05) is 6.54 Å². The summed E-state index contributed by atoms with van der Waals surface area (Å²) in [6, 6.07) is 9.26. The fourth-order valence-electron chi connectivity index (χ4n) is 5.19. The standard InChI is InChI=1S/C22H20N2O7S.Na/c1-10-14(19(22(28)29)24-18(10)16(11(2)25)21(24)27)9-23-20(26)17-13-6-4-3-5-12(13)7-8-15(17)32(23,30)31;/h3-8,10-11,16,18,25H,9H2,1-2H3,(H,28,29);/q;+1/p-1/t10-,11+,16+,18+;/m0./s1. The third-order valence-electron chi connectivity index (χ3n) is 6.72. The first-order valence-electron chi connectivity index (χ1n) is 10.1. The molecule has 0 bridgehead atoms. The van der Waals surface area contributed by atoms with E-state index in [0.29, 0.717) is 15.1 Å². The van der Waals surface area contributed by atoms with Crippen LogP contribution in [-0.2, 0) is 19.6 Å². The fraction of sp³-hybridized carbons (Fsp3) is 0.318. The van der Waals surface area contributed by atoms with Crippen molar-refractivity contribution in [1.29, 1.82) is 0 Å². The Morgan fingerprint density at radius 1 is 1.18 bits per heavy atom. The molecule has 2 aromatic rings. The summed E-state index contributed by atoms with van der Waals surface area (Å²) in [7, 11) is -4.22. The number of aliphatic hydroxyl groups excluding tert-OH is 1. The van der Waals surface area contributed by atoms with Crippen LogP contribution in [0.1, 0.15) is 24.2 Å². The topological polar surface area (TPSA) is 135 Å². The van der Waals surface area contributed by atoms with Crippen LogP contribution < -0.4 is 34.7 Å². The molecule has 1 fully saturated rings. The zero-order valence-electron chi connectivity index (χ0n) is 18.2. The Balaban J connectivity index is 0.00000259. The van der Waals surface area contributed by atoms with Crippen molar-refractivity contribution >= 4 is 38.6 Å². The van der Waals surface area contributed by atoms with Crippen LogP contribution in [0.5, 0.6) is 0 Å². The molecule has 3 aliphatic heterocycles. The number of carboxylic acids is 1. The summed E-state index contributed by atoms with van der Waals surface area (Å²) in [4.78, 5) is 38.5. The molecule has 0 aromatic heterocycles. The third-order valence-corrected chi connectivity index (χ3v) is 8.49. The van der Waals surface area contributed by atoms with Gasteiger partial charge < -0.3 is 19.9 Å². The molecule has 11 heteroatoms. The average Bonchev–Trinajstić information content (AvgIpc) is 3.09. The van der Waals surface area contributed by atoms with Gasteiger partial charge in [0.1, 0.15) is 4.90 Å². The number of fused-ring (bicyclic) bond motifs is 4. The number of carbonyl (C=O) groups excluding carboxylic acids is 3. The number of carbonyl (C=O) groups is 3. The van der Waals surface area contributed by atoms with Crippen molar-refractivity contribution in [3.8, 4) is 0 Å². The van der Waals surface area contributed by atoms with Gasteiger partial charge in [-0.1, -0.05) is 37.3 Å². The van der Waals surface area contributed by atoms with E-state index in [2.05, 4.69) is 0 Å². The van der Waals surface area contributed by atoms with Crippen molar-refractivity contribution in [2.45, 2.75) is 30.9 Å². The Morgan fingerprint density at radius 3 is 2.48 bits per heavy atom. The van der Waals surface area contributed by atoms with Crippen molar-refractivity contribution in [1.82, 2.24) is 9.21 Å². The number of amides is 2. The molecule has 0 spiro atoms. The Labute approximate surface area is 212 Å². The molecule has 0 saturated carbocycles. The first-order chi connectivity index (χ1) is 15.1. The van der Waals surface area contributed by atoms with E-state index < -0.39 is 64.0 Å². The molecule has 9 nitrogen and oxygen atoms in total. The maximum Gasteiger partial charge on any atom is 1.00 e. The molecule has 5 rings (SSSR count). The zero-order valence-corrected chi connectivity index (χ0v) is 21.0. The number of benzene rings is 2. The Hall–Kier alpha value is -2.24. The minimum atomic E-state index is -4.22. The van der Waals surface area contributed by atoms with Crippen LogP contribution in [0, 0.1) is 11.8 Å². The fourth-order valence-corrected chi connectivity index (χ4v) is 6.74. The largest absolute Gasteiger partial charge is 1.00 e. The molecule has 33 heavy (non-hydrogen) atoms. The monoisotopic (exact) mass is 478 g/mol. The van der Waals surface area contributed by atoms with Crippen molar-refractivity contribution in [3.63, 3.8) is 0 Å². The second-order valence-corrected chi connectivity index (χ2v) is 10.2. The quantitative estimate of drug-likeness (QED) is 0.362. The van der Waals surface area contributed by atoms with E-state index in [4.69, 9.17) is 0 Å². The number of carboxylic acid groups (broad SMARTS) is 1. The number of hydrogen-bond acceptors (Lipinski definition) is 7. The predicted octanol–water partition coefficient (Wildman–Crippen LogP) is -3.15. The number of β-lactam (4-membered cyclic amide) rings is 1. The van der Waals surface area contributed by atoms with E-state index >= 15 is 0 Å². The van der Waals surface area contributed by atoms with Gasteiger partial charge in [0.15, 0.2) is 0 Å². The van der Waals surface area contributed by atoms with Crippen LogP contribution >= 0.6 is 0 Å². The van der Waals surface area contributed by atoms with Gasteiger partial charge in [0.25, 0.3) is 15.9 Å². The normalized spacial score (nSPS) is 26.1. The van der Waals surface area contributed by atoms with Crippen LogP contribution in [0.3, 0.4) is 0 Å². The minimum Gasteiger partial charge on any atom is -0.543 e. The summed E-state index contributed by atoms with van der Waals surface area (Å²) in [5.41, 5.74) is -0.265. The van der Waals surface area contributed by atoms with Gasteiger partial charge >= 0.3 is 29.6 Å². The molecule has 4 atom stereocenters. The van der Waals surface area contributed by atoms with Gasteiger partial charge in [-0.25, -0.2) is 12.7 Å². The van der Waals surface area contributed by atoms with Crippen LogP contribution in [0.15, 0.2) is 52.6 Å². The van der Waals surface area contributed by atoms with E-state index in [9.17, 15) is 33.0 Å². The summed E-state index contributed by atoms with van der Waals surface area (Å²) in [6.07, 6.45) is -0.999. The van der Waals surface area contributed by atoms with Gasteiger partial charge in [-0.15, -0.1) is 0 Å². The minimum absolute atomic E-state index is 0. The van der Waals surface area contributed by atoms with Crippen molar-refractivity contribution in [2.24, 2.45) is 11.8 Å². The third kappa shape index (κ3) is 3.12. The Kier molecular flexibility index (Phi) is 5.73. The van der Waals surface area contributed by atoms with E-state index in [1.807, 2.05) is 0 Å². The average molecular weight is 478 g/mol. The van der Waals surface area contributed by atoms with Gasteiger partial charge in [0.05, 0.1) is 41.8 Å². The maximum absolute atomic E-state index is 13.3. The Morgan fingerprint density at radius 2 is 1.85 bits per heavy atom. The summed E-state index contributed by atoms with van der Waals surface area (Å²) in [5.74, 6) is -4.32. The molecule has 1 N–H and O–H groups in total. The van der Waals surface area contributed by atoms with Gasteiger partial charge in [-0.2, -0.15) is 0 Å². The molecule has 1 saturated heterocycles. The molecule has 166 valence electrons. The molecule has 3 heterocycles. The van der Waals surface area contributed by atoms with E-state index in [1.54, 1.807) is 37.3 Å². The molecule has 0 unspecified atom stereocenters. The van der Waals surface area contributed by atoms with Gasteiger partial charge in [0.2, 0.25) is 5.91 Å². The van der Waals surface area contributed by atoms with Crippen LogP contribution in [-0.4, -0.2) is 59.2 Å². The number of hydrogen-bond donors (Lipinski definition) is 1. The molecule has 2 aromatic carbocycles. The van der Waals surface area contributed by atoms with Crippen LogP contribution in [0.25, 0.3) is 10.8 Å². The number of rotatable bonds is 4. The predicted molar refractivity (Wildman–Crippen MR) is 109 cm³/mol. The summed E-state index contributed by atoms with van der Waals surface area (Å²) >= 11 is 0. The summed E-state index contributed by atoms with van der Waals surface area (Å²) in [6.45, 7) is 2.58. The number of sulfonamides is 1. The van der Waals surface area contributed by atoms with Crippen molar-refractivity contribution < 1.29 is 62.6 Å². The number of aliphatic hydroxyl groups is 1. The summed E-state index contributed by atoms with van der Waals surface area (Å²) < 4.78 is 27.1. The second-order valence-electron chi connectivity index (χ2n) is 8.39. The first kappa shape index (κ1) is 23.9. The zero-order chi connectivity index (χ0) is 23.1. The smallest absolute Gasteiger partial charge is 0.543 e. The number of nitrogens with zero attached hydrogens (tertiary/aromatic N) is 2. The first-order valence-corrected chi connectivity index (χ1v) is 11.6. The van der Waals surface area contributed by atoms with Crippen LogP contribution in [0.2, 0.25) is 0 Å². The molecular weight excluding hydrogens is 459 g/mol. The van der Waals surface area contributed by atoms with Gasteiger partial charge in [0, 0.05) is 5.92 Å². The van der Waals surface area contributed by atoms with Gasteiger partial charge in [-0.05, 0) is 29.3 Å². The maximum atomic E-state index is 13.3. The second kappa shape index (κ2) is 7.92. The molecule has 0 aliphatic carbocycles. The summed E-state index contributed by atoms with van der Waals surface area (Å²) in [5, 5.41) is 23.1. The molecule has 2 amide bonds. The van der Waals surface area contributed by atoms with E-state index in [1.165, 1.54) is 13.0 Å². The van der Waals surface area contributed by atoms with Crippen molar-refractivity contribution in [3.05, 3.63) is 53.2 Å². The Bertz CT molecular complexity index is 1370. The molecule has 0 radical (unpaired) electrons. The molecule has 3 aliphatic rings. The number of aliphatic carboxylic acids is 1. The SMILES string of the molecule is C[C@@H](O)[C@H]1C(=O)N2C(C(=O)[O-])=C(CN3C(=O)c4c(ccc5ccccc45)S3(=O)=O)[C@H](C)[C@H]12.[Na+]. The van der Waals surface area contributed by atoms with Gasteiger partial charge in [-0.3, -0.25) is 9.59 Å². The van der Waals surface area contributed by atoms with E-state index in [-0.39, 0.29) is 45.6 Å². The van der Waals surface area contributed by atoms with Crippen LogP contribution in [0.4, 0.5) is 0 Å². The molecular formula is C22H19N2NaO7S.